The topological polar surface area (TPSA) is 123 Å². The molecule has 0 radical (unpaired) electrons. The van der Waals surface area contributed by atoms with Crippen LogP contribution in [0.25, 0.3) is 0 Å². The number of aryl methyl sites for hydroxylation is 1. The fraction of sp³-hybridized carbons (Fsp3) is 0.370. The minimum atomic E-state index is -3.61. The molecule has 0 aliphatic carbocycles. The highest BCUT2D eigenvalue weighted by molar-refractivity contribution is 7.89. The molecule has 0 unspecified atom stereocenters. The molecule has 3 heterocycles. The predicted molar refractivity (Wildman–Crippen MR) is 146 cm³/mol. The lowest BCUT2D eigenvalue weighted by atomic mass is 10.2. The number of carbonyl (C=O) groups is 1. The van der Waals surface area contributed by atoms with Crippen LogP contribution in [0.15, 0.2) is 59.6 Å². The van der Waals surface area contributed by atoms with E-state index < -0.39 is 15.9 Å². The van der Waals surface area contributed by atoms with E-state index in [1.807, 2.05) is 27.0 Å². The SMILES string of the molecule is COC[C@@H](C)Oc1cc(C(=O)Nc2ccc(C)cn2)cc(Oc2ccc(S(=O)(=O)N3CCN(C)CC3)cc2)n1. The van der Waals surface area contributed by atoms with Crippen LogP contribution in [0.4, 0.5) is 5.82 Å². The summed E-state index contributed by atoms with van der Waals surface area (Å²) in [6, 6.07) is 12.7. The normalized spacial score (nSPS) is 15.5. The summed E-state index contributed by atoms with van der Waals surface area (Å²) in [4.78, 5) is 23.9. The summed E-state index contributed by atoms with van der Waals surface area (Å²) >= 11 is 0. The molecule has 0 bridgehead atoms. The second-order valence-corrected chi connectivity index (χ2v) is 11.3. The second-order valence-electron chi connectivity index (χ2n) is 9.37. The molecule has 1 atom stereocenters. The zero-order valence-corrected chi connectivity index (χ0v) is 23.3. The first-order valence-electron chi connectivity index (χ1n) is 12.5. The Morgan fingerprint density at radius 2 is 1.74 bits per heavy atom. The van der Waals surface area contributed by atoms with Crippen LogP contribution in [0.2, 0.25) is 0 Å². The lowest BCUT2D eigenvalue weighted by Gasteiger charge is -2.31. The van der Waals surface area contributed by atoms with Crippen LogP contribution < -0.4 is 14.8 Å². The van der Waals surface area contributed by atoms with E-state index in [9.17, 15) is 13.2 Å². The zero-order chi connectivity index (χ0) is 28.0. The van der Waals surface area contributed by atoms with E-state index in [4.69, 9.17) is 14.2 Å². The lowest BCUT2D eigenvalue weighted by Crippen LogP contribution is -2.46. The molecular formula is C27H33N5O6S. The van der Waals surface area contributed by atoms with Crippen LogP contribution in [0.5, 0.6) is 17.5 Å². The van der Waals surface area contributed by atoms with Gasteiger partial charge in [-0.15, -0.1) is 0 Å². The Kier molecular flexibility index (Phi) is 9.12. The highest BCUT2D eigenvalue weighted by atomic mass is 32.2. The molecule has 2 aromatic heterocycles. The monoisotopic (exact) mass is 555 g/mol. The van der Waals surface area contributed by atoms with Crippen molar-refractivity contribution in [3.8, 4) is 17.5 Å². The number of hydrogen-bond donors (Lipinski definition) is 1. The van der Waals surface area contributed by atoms with Gasteiger partial charge in [-0.05, 0) is 56.8 Å². The Labute approximate surface area is 228 Å². The number of carbonyl (C=O) groups excluding carboxylic acids is 1. The van der Waals surface area contributed by atoms with Crippen molar-refractivity contribution in [1.82, 2.24) is 19.2 Å². The van der Waals surface area contributed by atoms with Gasteiger partial charge in [-0.25, -0.2) is 13.4 Å². The first-order chi connectivity index (χ1) is 18.6. The quantitative estimate of drug-likeness (QED) is 0.402. The molecule has 208 valence electrons. The van der Waals surface area contributed by atoms with Gasteiger partial charge in [0.2, 0.25) is 21.8 Å². The van der Waals surface area contributed by atoms with E-state index in [1.54, 1.807) is 31.5 Å². The number of nitrogens with zero attached hydrogens (tertiary/aromatic N) is 4. The van der Waals surface area contributed by atoms with Crippen molar-refractivity contribution in [3.05, 3.63) is 65.9 Å². The van der Waals surface area contributed by atoms with E-state index >= 15 is 0 Å². The number of anilines is 1. The minimum Gasteiger partial charge on any atom is -0.472 e. The summed E-state index contributed by atoms with van der Waals surface area (Å²) in [6.45, 7) is 6.30. The molecule has 39 heavy (non-hydrogen) atoms. The summed E-state index contributed by atoms with van der Waals surface area (Å²) in [6.07, 6.45) is 1.33. The Balaban J connectivity index is 1.54. The third-order valence-corrected chi connectivity index (χ3v) is 7.98. The van der Waals surface area contributed by atoms with Crippen molar-refractivity contribution in [3.63, 3.8) is 0 Å². The van der Waals surface area contributed by atoms with Gasteiger partial charge in [0.15, 0.2) is 0 Å². The van der Waals surface area contributed by atoms with Crippen LogP contribution in [0, 0.1) is 6.92 Å². The zero-order valence-electron chi connectivity index (χ0n) is 22.5. The number of methoxy groups -OCH3 is 1. The van der Waals surface area contributed by atoms with E-state index in [0.717, 1.165) is 5.56 Å². The molecular weight excluding hydrogens is 522 g/mol. The van der Waals surface area contributed by atoms with Crippen molar-refractivity contribution in [1.29, 1.82) is 0 Å². The van der Waals surface area contributed by atoms with Crippen molar-refractivity contribution in [2.75, 3.05) is 52.3 Å². The van der Waals surface area contributed by atoms with Crippen LogP contribution in [-0.2, 0) is 14.8 Å². The molecule has 0 spiro atoms. The number of nitrogens with one attached hydrogen (secondary N) is 1. The average molecular weight is 556 g/mol. The number of sulfonamides is 1. The van der Waals surface area contributed by atoms with E-state index in [-0.39, 0.29) is 28.3 Å². The molecule has 1 fully saturated rings. The number of pyridine rings is 2. The molecule has 4 rings (SSSR count). The number of piperazine rings is 1. The largest absolute Gasteiger partial charge is 0.472 e. The molecule has 12 heteroatoms. The number of rotatable bonds is 10. The minimum absolute atomic E-state index is 0.105. The standard InChI is InChI=1S/C27H33N5O6S/c1-19-5-10-24(28-17-19)29-27(33)21-15-25(37-20(2)18-36-4)30-26(16-21)38-22-6-8-23(9-7-22)39(34,35)32-13-11-31(3)12-14-32/h5-10,15-17,20H,11-14,18H2,1-4H3,(H,28,29,33)/t20-/m1/s1. The summed E-state index contributed by atoms with van der Waals surface area (Å²) in [5.41, 5.74) is 1.22. The van der Waals surface area contributed by atoms with Gasteiger partial charge in [0.05, 0.1) is 17.1 Å². The number of amides is 1. The van der Waals surface area contributed by atoms with Gasteiger partial charge >= 0.3 is 0 Å². The average Bonchev–Trinajstić information content (AvgIpc) is 2.90. The van der Waals surface area contributed by atoms with Gasteiger partial charge in [-0.3, -0.25) is 4.79 Å². The first-order valence-corrected chi connectivity index (χ1v) is 14.0. The maximum atomic E-state index is 13.0. The fourth-order valence-electron chi connectivity index (χ4n) is 3.91. The maximum absolute atomic E-state index is 13.0. The fourth-order valence-corrected chi connectivity index (χ4v) is 5.33. The van der Waals surface area contributed by atoms with E-state index in [2.05, 4.69) is 20.2 Å². The van der Waals surface area contributed by atoms with Gasteiger partial charge in [0, 0.05) is 51.6 Å². The summed E-state index contributed by atoms with van der Waals surface area (Å²) in [5, 5.41) is 2.75. The smallest absolute Gasteiger partial charge is 0.257 e. The molecule has 0 saturated carbocycles. The summed E-state index contributed by atoms with van der Waals surface area (Å²) in [7, 11) is -0.0740. The van der Waals surface area contributed by atoms with Gasteiger partial charge in [0.25, 0.3) is 5.91 Å². The number of benzene rings is 1. The van der Waals surface area contributed by atoms with Crippen molar-refractivity contribution < 1.29 is 27.4 Å². The third kappa shape index (κ3) is 7.51. The maximum Gasteiger partial charge on any atom is 0.257 e. The highest BCUT2D eigenvalue weighted by Gasteiger charge is 2.27. The first kappa shape index (κ1) is 28.4. The number of hydrogen-bond acceptors (Lipinski definition) is 9. The Morgan fingerprint density at radius 1 is 1.05 bits per heavy atom. The van der Waals surface area contributed by atoms with Crippen molar-refractivity contribution in [2.24, 2.45) is 0 Å². The Bertz CT molecular complexity index is 1370. The van der Waals surface area contributed by atoms with Gasteiger partial charge in [-0.2, -0.15) is 9.29 Å². The predicted octanol–water partition coefficient (Wildman–Crippen LogP) is 3.18. The second kappa shape index (κ2) is 12.5. The Hall–Kier alpha value is -3.58. The summed E-state index contributed by atoms with van der Waals surface area (Å²) < 4.78 is 44.4. The van der Waals surface area contributed by atoms with Crippen molar-refractivity contribution in [2.45, 2.75) is 24.8 Å². The van der Waals surface area contributed by atoms with Crippen LogP contribution in [-0.4, -0.2) is 86.5 Å². The highest BCUT2D eigenvalue weighted by Crippen LogP contribution is 2.27. The van der Waals surface area contributed by atoms with Crippen LogP contribution in [0.3, 0.4) is 0 Å². The van der Waals surface area contributed by atoms with Gasteiger partial charge in [-0.1, -0.05) is 6.07 Å². The van der Waals surface area contributed by atoms with E-state index in [0.29, 0.717) is 44.4 Å². The third-order valence-electron chi connectivity index (χ3n) is 6.06. The molecule has 1 aliphatic heterocycles. The Morgan fingerprint density at radius 3 is 2.38 bits per heavy atom. The van der Waals surface area contributed by atoms with Gasteiger partial charge < -0.3 is 24.4 Å². The van der Waals surface area contributed by atoms with Crippen molar-refractivity contribution >= 4 is 21.7 Å². The van der Waals surface area contributed by atoms with Crippen LogP contribution >= 0.6 is 0 Å². The molecule has 1 aliphatic rings. The molecule has 1 saturated heterocycles. The lowest BCUT2D eigenvalue weighted by molar-refractivity contribution is 0.0882. The van der Waals surface area contributed by atoms with Crippen LogP contribution in [0.1, 0.15) is 22.8 Å². The van der Waals surface area contributed by atoms with Gasteiger partial charge in [0.1, 0.15) is 17.7 Å². The van der Waals surface area contributed by atoms with E-state index in [1.165, 1.54) is 28.6 Å². The number of likely N-dealkylation sites (N-methyl/N-ethyl adjacent to an activating group) is 1. The molecule has 3 aromatic rings. The molecule has 1 amide bonds. The molecule has 1 aromatic carbocycles. The number of aromatic nitrogens is 2. The number of ether oxygens (including phenoxy) is 3. The summed E-state index contributed by atoms with van der Waals surface area (Å²) in [5.74, 6) is 0.615. The molecule has 11 nitrogen and oxygen atoms in total. The molecule has 1 N–H and O–H groups in total.